The molecular weight excluding hydrogens is 262 g/mol. The molecule has 0 amide bonds. The molecule has 0 bridgehead atoms. The van der Waals surface area contributed by atoms with Crippen LogP contribution in [0.1, 0.15) is 20.8 Å². The fourth-order valence-corrected chi connectivity index (χ4v) is 1.70. The molecule has 2 nitrogen and oxygen atoms in total. The number of halogens is 1. The molecule has 0 saturated carbocycles. The molecule has 78 valence electrons. The second-order valence-corrected chi connectivity index (χ2v) is 6.87. The summed E-state index contributed by atoms with van der Waals surface area (Å²) in [5.41, 5.74) is 0.876. The first kappa shape index (κ1) is 11.9. The highest BCUT2D eigenvalue weighted by Crippen LogP contribution is 2.20. The normalized spacial score (nSPS) is 13.8. The zero-order valence-electron chi connectivity index (χ0n) is 8.50. The Hall–Kier alpha value is -0.190. The van der Waals surface area contributed by atoms with E-state index in [0.717, 1.165) is 10.2 Å². The third-order valence-electron chi connectivity index (χ3n) is 1.61. The smallest absolute Gasteiger partial charge is 0.142 e. The molecule has 0 aliphatic heterocycles. The molecule has 4 heteroatoms. The Bertz CT molecular complexity index is 294. The summed E-state index contributed by atoms with van der Waals surface area (Å²) < 4.78 is 15.4. The summed E-state index contributed by atoms with van der Waals surface area (Å²) in [5, 5.41) is 0. The molecule has 0 aliphatic rings. The van der Waals surface area contributed by atoms with Gasteiger partial charge in [0.2, 0.25) is 0 Å². The third kappa shape index (κ3) is 3.52. The molecule has 14 heavy (non-hydrogen) atoms. The van der Waals surface area contributed by atoms with E-state index in [1.165, 1.54) is 0 Å². The fourth-order valence-electron chi connectivity index (χ4n) is 0.778. The Morgan fingerprint density at radius 2 is 1.71 bits per heavy atom. The van der Waals surface area contributed by atoms with Gasteiger partial charge in [0, 0.05) is 4.47 Å². The number of hydrogen-bond donors (Lipinski definition) is 1. The van der Waals surface area contributed by atoms with Crippen LogP contribution in [0.25, 0.3) is 0 Å². The van der Waals surface area contributed by atoms with Gasteiger partial charge in [-0.15, -0.1) is 0 Å². The Morgan fingerprint density at radius 1 is 1.21 bits per heavy atom. The van der Waals surface area contributed by atoms with Gasteiger partial charge in [-0.1, -0.05) is 15.9 Å². The highest BCUT2D eigenvalue weighted by molar-refractivity contribution is 9.10. The van der Waals surface area contributed by atoms with Crippen molar-refractivity contribution in [2.45, 2.75) is 25.5 Å². The van der Waals surface area contributed by atoms with Crippen molar-refractivity contribution in [3.05, 3.63) is 28.7 Å². The first-order valence-electron chi connectivity index (χ1n) is 4.34. The summed E-state index contributed by atoms with van der Waals surface area (Å²) in [4.78, 5) is 0. The van der Waals surface area contributed by atoms with Gasteiger partial charge in [-0.05, 0) is 45.0 Å². The van der Waals surface area contributed by atoms with E-state index >= 15 is 0 Å². The van der Waals surface area contributed by atoms with E-state index in [4.69, 9.17) is 0 Å². The fraction of sp³-hybridized carbons (Fsp3) is 0.400. The standard InChI is InChI=1S/C10H14BrNOS/c1-10(2,3)14(13)12-9-6-4-8(11)5-7-9/h4-7,12H,1-3H3. The number of rotatable bonds is 2. The van der Waals surface area contributed by atoms with Gasteiger partial charge >= 0.3 is 0 Å². The molecule has 1 aromatic carbocycles. The lowest BCUT2D eigenvalue weighted by Crippen LogP contribution is -2.33. The van der Waals surface area contributed by atoms with Crippen LogP contribution in [0, 0.1) is 0 Å². The maximum Gasteiger partial charge on any atom is 0.142 e. The molecule has 0 aliphatic carbocycles. The van der Waals surface area contributed by atoms with E-state index in [1.54, 1.807) is 0 Å². The molecule has 0 spiro atoms. The Balaban J connectivity index is 2.65. The Morgan fingerprint density at radius 3 is 2.14 bits per heavy atom. The highest BCUT2D eigenvalue weighted by Gasteiger charge is 2.26. The molecule has 0 saturated heterocycles. The summed E-state index contributed by atoms with van der Waals surface area (Å²) in [6, 6.07) is 7.63. The highest BCUT2D eigenvalue weighted by atomic mass is 79.9. The topological polar surface area (TPSA) is 35.1 Å². The van der Waals surface area contributed by atoms with Crippen molar-refractivity contribution < 1.29 is 4.55 Å². The van der Waals surface area contributed by atoms with E-state index in [0.29, 0.717) is 0 Å². The van der Waals surface area contributed by atoms with E-state index in [9.17, 15) is 4.55 Å². The summed E-state index contributed by atoms with van der Waals surface area (Å²) in [6.07, 6.45) is 0. The first-order chi connectivity index (χ1) is 6.39. The van der Waals surface area contributed by atoms with E-state index in [1.807, 2.05) is 45.0 Å². The van der Waals surface area contributed by atoms with Crippen molar-refractivity contribution in [1.82, 2.24) is 0 Å². The Labute approximate surface area is 96.5 Å². The third-order valence-corrected chi connectivity index (χ3v) is 3.67. The number of hydrogen-bond acceptors (Lipinski definition) is 2. The average molecular weight is 276 g/mol. The SMILES string of the molecule is CC(C)(C)[S+]([O-])Nc1ccc(Br)cc1. The van der Waals surface area contributed by atoms with Crippen LogP contribution in [-0.2, 0) is 11.4 Å². The van der Waals surface area contributed by atoms with E-state index < -0.39 is 11.4 Å². The van der Waals surface area contributed by atoms with Crippen LogP contribution in [0.5, 0.6) is 0 Å². The second kappa shape index (κ2) is 4.55. The van der Waals surface area contributed by atoms with Gasteiger partial charge in [0.25, 0.3) is 0 Å². The molecule has 1 unspecified atom stereocenters. The van der Waals surface area contributed by atoms with Crippen molar-refractivity contribution in [1.29, 1.82) is 0 Å². The molecule has 1 N–H and O–H groups in total. The van der Waals surface area contributed by atoms with Crippen molar-refractivity contribution in [3.63, 3.8) is 0 Å². The molecule has 0 aromatic heterocycles. The lowest BCUT2D eigenvalue weighted by atomic mass is 10.3. The molecule has 0 radical (unpaired) electrons. The maximum absolute atomic E-state index is 11.7. The minimum absolute atomic E-state index is 0.243. The summed E-state index contributed by atoms with van der Waals surface area (Å²) in [6.45, 7) is 5.82. The van der Waals surface area contributed by atoms with Crippen LogP contribution < -0.4 is 4.72 Å². The average Bonchev–Trinajstić information content (AvgIpc) is 2.07. The summed E-state index contributed by atoms with van der Waals surface area (Å²) >= 11 is 2.29. The van der Waals surface area contributed by atoms with Crippen LogP contribution in [0.2, 0.25) is 0 Å². The monoisotopic (exact) mass is 275 g/mol. The van der Waals surface area contributed by atoms with Gasteiger partial charge in [0.15, 0.2) is 0 Å². The second-order valence-electron chi connectivity index (χ2n) is 3.99. The van der Waals surface area contributed by atoms with Crippen LogP contribution in [-0.4, -0.2) is 9.30 Å². The predicted octanol–water partition coefficient (Wildman–Crippen LogP) is 3.32. The minimum atomic E-state index is -1.06. The largest absolute Gasteiger partial charge is 0.593 e. The number of anilines is 1. The molecule has 1 atom stereocenters. The van der Waals surface area contributed by atoms with Gasteiger partial charge in [-0.25, -0.2) is 4.72 Å². The van der Waals surface area contributed by atoms with Crippen LogP contribution in [0.3, 0.4) is 0 Å². The maximum atomic E-state index is 11.7. The van der Waals surface area contributed by atoms with Gasteiger partial charge in [0.05, 0.1) is 17.0 Å². The van der Waals surface area contributed by atoms with E-state index in [2.05, 4.69) is 20.7 Å². The van der Waals surface area contributed by atoms with Crippen LogP contribution >= 0.6 is 15.9 Å². The molecular formula is C10H14BrNOS. The number of benzene rings is 1. The lowest BCUT2D eigenvalue weighted by Gasteiger charge is -2.23. The van der Waals surface area contributed by atoms with Gasteiger partial charge in [0.1, 0.15) is 4.75 Å². The quantitative estimate of drug-likeness (QED) is 0.841. The Kier molecular flexibility index (Phi) is 3.86. The van der Waals surface area contributed by atoms with Gasteiger partial charge < -0.3 is 4.55 Å². The molecule has 0 heterocycles. The minimum Gasteiger partial charge on any atom is -0.593 e. The molecule has 1 rings (SSSR count). The van der Waals surface area contributed by atoms with Crippen molar-refractivity contribution in [3.8, 4) is 0 Å². The summed E-state index contributed by atoms with van der Waals surface area (Å²) in [7, 11) is 0. The lowest BCUT2D eigenvalue weighted by molar-refractivity contribution is 0.565. The number of nitrogens with one attached hydrogen (secondary N) is 1. The first-order valence-corrected chi connectivity index (χ1v) is 6.28. The van der Waals surface area contributed by atoms with Crippen molar-refractivity contribution in [2.75, 3.05) is 4.72 Å². The summed E-state index contributed by atoms with van der Waals surface area (Å²) in [5.74, 6) is 0. The van der Waals surface area contributed by atoms with Gasteiger partial charge in [-0.2, -0.15) is 0 Å². The molecule has 1 aromatic rings. The zero-order valence-corrected chi connectivity index (χ0v) is 10.9. The zero-order chi connectivity index (χ0) is 10.8. The van der Waals surface area contributed by atoms with E-state index in [-0.39, 0.29) is 4.75 Å². The molecule has 0 fully saturated rings. The predicted molar refractivity (Wildman–Crippen MR) is 65.7 cm³/mol. The van der Waals surface area contributed by atoms with Gasteiger partial charge in [-0.3, -0.25) is 0 Å². The van der Waals surface area contributed by atoms with Crippen LogP contribution in [0.4, 0.5) is 5.69 Å². The van der Waals surface area contributed by atoms with Crippen LogP contribution in [0.15, 0.2) is 28.7 Å². The van der Waals surface area contributed by atoms with Crippen molar-refractivity contribution in [2.24, 2.45) is 0 Å². The van der Waals surface area contributed by atoms with Crippen molar-refractivity contribution >= 4 is 33.0 Å².